The number of nitrogens with one attached hydrogen (secondary N) is 1. The second-order valence-electron chi connectivity index (χ2n) is 7.25. The van der Waals surface area contributed by atoms with Crippen LogP contribution in [0.1, 0.15) is 44.9 Å². The molecule has 2 saturated heterocycles. The van der Waals surface area contributed by atoms with Gasteiger partial charge in [0.1, 0.15) is 0 Å². The Morgan fingerprint density at radius 2 is 2.00 bits per heavy atom. The Morgan fingerprint density at radius 3 is 2.62 bits per heavy atom. The number of amides is 1. The number of carbonyl (C=O) groups is 1. The van der Waals surface area contributed by atoms with E-state index in [0.717, 1.165) is 45.6 Å². The summed E-state index contributed by atoms with van der Waals surface area (Å²) in [5.41, 5.74) is 0.325. The maximum atomic E-state index is 12.9. The van der Waals surface area contributed by atoms with Crippen molar-refractivity contribution in [3.8, 4) is 0 Å². The summed E-state index contributed by atoms with van der Waals surface area (Å²) in [5.74, 6) is 0.775. The molecule has 4 nitrogen and oxygen atoms in total. The molecule has 4 aliphatic rings. The lowest BCUT2D eigenvalue weighted by Gasteiger charge is -2.28. The van der Waals surface area contributed by atoms with Gasteiger partial charge in [0.2, 0.25) is 5.91 Å². The van der Waals surface area contributed by atoms with E-state index in [0.29, 0.717) is 29.3 Å². The molecular formula is C16H27ClN2O2. The van der Waals surface area contributed by atoms with Crippen molar-refractivity contribution in [1.82, 2.24) is 10.2 Å². The van der Waals surface area contributed by atoms with Crippen molar-refractivity contribution < 1.29 is 9.53 Å². The van der Waals surface area contributed by atoms with E-state index in [4.69, 9.17) is 4.74 Å². The van der Waals surface area contributed by atoms with Gasteiger partial charge in [-0.15, -0.1) is 12.4 Å². The smallest absolute Gasteiger partial charge is 0.226 e. The Kier molecular flexibility index (Phi) is 4.49. The molecule has 1 spiro atoms. The molecule has 2 saturated carbocycles. The highest BCUT2D eigenvalue weighted by Crippen LogP contribution is 2.60. The zero-order valence-electron chi connectivity index (χ0n) is 12.7. The second kappa shape index (κ2) is 6.05. The van der Waals surface area contributed by atoms with Gasteiger partial charge in [-0.05, 0) is 56.9 Å². The molecule has 2 atom stereocenters. The molecule has 0 aromatic heterocycles. The van der Waals surface area contributed by atoms with Crippen LogP contribution in [0.3, 0.4) is 0 Å². The molecule has 1 N–H and O–H groups in total. The van der Waals surface area contributed by atoms with Crippen LogP contribution in [0.2, 0.25) is 0 Å². The topological polar surface area (TPSA) is 41.6 Å². The monoisotopic (exact) mass is 314 g/mol. The van der Waals surface area contributed by atoms with Crippen molar-refractivity contribution >= 4 is 18.3 Å². The third-order valence-corrected chi connectivity index (χ3v) is 5.83. The Bertz CT molecular complexity index is 388. The second-order valence-corrected chi connectivity index (χ2v) is 7.25. The Labute approximate surface area is 133 Å². The fourth-order valence-corrected chi connectivity index (χ4v) is 4.18. The summed E-state index contributed by atoms with van der Waals surface area (Å²) < 4.78 is 5.47. The van der Waals surface area contributed by atoms with Crippen LogP contribution in [-0.4, -0.2) is 49.2 Å². The van der Waals surface area contributed by atoms with Gasteiger partial charge in [-0.2, -0.15) is 0 Å². The van der Waals surface area contributed by atoms with E-state index in [-0.39, 0.29) is 12.4 Å². The fraction of sp³-hybridized carbons (Fsp3) is 0.938. The Hall–Kier alpha value is -0.320. The molecular weight excluding hydrogens is 288 g/mol. The van der Waals surface area contributed by atoms with Gasteiger partial charge in [0, 0.05) is 37.8 Å². The summed E-state index contributed by atoms with van der Waals surface area (Å²) in [6.45, 7) is 3.80. The van der Waals surface area contributed by atoms with E-state index >= 15 is 0 Å². The van der Waals surface area contributed by atoms with Gasteiger partial charge >= 0.3 is 0 Å². The minimum atomic E-state index is 0. The average molecular weight is 315 g/mol. The molecule has 2 heterocycles. The molecule has 2 aliphatic heterocycles. The van der Waals surface area contributed by atoms with Crippen LogP contribution in [0.15, 0.2) is 0 Å². The van der Waals surface area contributed by atoms with Gasteiger partial charge in [0.25, 0.3) is 0 Å². The van der Waals surface area contributed by atoms with E-state index < -0.39 is 0 Å². The summed E-state index contributed by atoms with van der Waals surface area (Å²) in [6.07, 6.45) is 8.27. The van der Waals surface area contributed by atoms with Gasteiger partial charge in [0.15, 0.2) is 0 Å². The van der Waals surface area contributed by atoms with Crippen LogP contribution < -0.4 is 5.32 Å². The lowest BCUT2D eigenvalue weighted by molar-refractivity contribution is -0.135. The molecule has 0 aromatic carbocycles. The van der Waals surface area contributed by atoms with Crippen LogP contribution in [0, 0.1) is 11.3 Å². The fourth-order valence-electron chi connectivity index (χ4n) is 4.18. The highest BCUT2D eigenvalue weighted by atomic mass is 35.5. The summed E-state index contributed by atoms with van der Waals surface area (Å²) in [4.78, 5) is 15.1. The highest BCUT2D eigenvalue weighted by molar-refractivity contribution is 5.85. The van der Waals surface area contributed by atoms with Crippen LogP contribution in [0.4, 0.5) is 0 Å². The van der Waals surface area contributed by atoms with Crippen LogP contribution >= 0.6 is 12.4 Å². The first kappa shape index (κ1) is 15.6. The first-order valence-corrected chi connectivity index (χ1v) is 8.40. The van der Waals surface area contributed by atoms with Gasteiger partial charge in [-0.1, -0.05) is 0 Å². The molecule has 120 valence electrons. The van der Waals surface area contributed by atoms with E-state index in [1.807, 2.05) is 0 Å². The first-order valence-electron chi connectivity index (χ1n) is 8.40. The number of carbonyl (C=O) groups excluding carboxylic acids is 1. The average Bonchev–Trinajstić information content (AvgIpc) is 3.37. The minimum Gasteiger partial charge on any atom is -0.381 e. The van der Waals surface area contributed by atoms with E-state index in [1.165, 1.54) is 25.7 Å². The van der Waals surface area contributed by atoms with Crippen LogP contribution in [-0.2, 0) is 9.53 Å². The number of halogens is 1. The van der Waals surface area contributed by atoms with E-state index in [2.05, 4.69) is 10.2 Å². The molecule has 1 amide bonds. The van der Waals surface area contributed by atoms with Crippen LogP contribution in [0.25, 0.3) is 0 Å². The Morgan fingerprint density at radius 1 is 1.24 bits per heavy atom. The number of hydrogen-bond acceptors (Lipinski definition) is 3. The molecule has 4 fully saturated rings. The third-order valence-electron chi connectivity index (χ3n) is 5.83. The molecule has 2 aliphatic carbocycles. The lowest BCUT2D eigenvalue weighted by atomic mass is 9.93. The normalized spacial score (nSPS) is 33.5. The van der Waals surface area contributed by atoms with Crippen LogP contribution in [0.5, 0.6) is 0 Å². The molecule has 21 heavy (non-hydrogen) atoms. The van der Waals surface area contributed by atoms with Gasteiger partial charge in [-0.3, -0.25) is 4.79 Å². The van der Waals surface area contributed by atoms with Crippen molar-refractivity contribution in [3.63, 3.8) is 0 Å². The lowest BCUT2D eigenvalue weighted by Crippen LogP contribution is -2.44. The summed E-state index contributed by atoms with van der Waals surface area (Å²) in [7, 11) is 0. The van der Waals surface area contributed by atoms with Crippen molar-refractivity contribution in [1.29, 1.82) is 0 Å². The first-order chi connectivity index (χ1) is 9.78. The maximum Gasteiger partial charge on any atom is 0.226 e. The molecule has 4 rings (SSSR count). The molecule has 2 unspecified atom stereocenters. The van der Waals surface area contributed by atoms with Gasteiger partial charge in [-0.25, -0.2) is 0 Å². The summed E-state index contributed by atoms with van der Waals surface area (Å²) in [5, 5.41) is 3.54. The van der Waals surface area contributed by atoms with Crippen molar-refractivity contribution in [3.05, 3.63) is 0 Å². The number of hydrogen-bond donors (Lipinski definition) is 1. The molecule has 5 heteroatoms. The largest absolute Gasteiger partial charge is 0.381 e. The molecule has 0 bridgehead atoms. The van der Waals surface area contributed by atoms with Gasteiger partial charge in [0.05, 0.1) is 0 Å². The quantitative estimate of drug-likeness (QED) is 0.862. The zero-order valence-corrected chi connectivity index (χ0v) is 13.5. The SMILES string of the molecule is Cl.O=C(C1CC12CCOCC2)N(CC1CCCN1)C1CC1. The minimum absolute atomic E-state index is 0. The summed E-state index contributed by atoms with van der Waals surface area (Å²) >= 11 is 0. The zero-order chi connectivity index (χ0) is 13.6. The van der Waals surface area contributed by atoms with Crippen molar-refractivity contribution in [2.45, 2.75) is 57.0 Å². The molecule has 0 radical (unpaired) electrons. The predicted molar refractivity (Wildman–Crippen MR) is 83.6 cm³/mol. The number of nitrogens with zero attached hydrogens (tertiary/aromatic N) is 1. The standard InChI is InChI=1S/C16H26N2O2.ClH/c19-15(14-10-16(14)5-8-20-9-6-16)18(13-3-4-13)11-12-2-1-7-17-12;/h12-14,17H,1-11H2;1H. The van der Waals surface area contributed by atoms with E-state index in [1.54, 1.807) is 0 Å². The van der Waals surface area contributed by atoms with Gasteiger partial charge < -0.3 is 15.0 Å². The third kappa shape index (κ3) is 3.08. The highest BCUT2D eigenvalue weighted by Gasteiger charge is 2.59. The maximum absolute atomic E-state index is 12.9. The summed E-state index contributed by atoms with van der Waals surface area (Å²) in [6, 6.07) is 1.10. The van der Waals surface area contributed by atoms with E-state index in [9.17, 15) is 4.79 Å². The Balaban J connectivity index is 0.00000132. The number of ether oxygens (including phenoxy) is 1. The predicted octanol–water partition coefficient (Wildman–Crippen LogP) is 1.97. The number of rotatable bonds is 4. The van der Waals surface area contributed by atoms with Crippen molar-refractivity contribution in [2.24, 2.45) is 11.3 Å². The molecule has 0 aromatic rings. The van der Waals surface area contributed by atoms with Crippen molar-refractivity contribution in [2.75, 3.05) is 26.3 Å².